The first kappa shape index (κ1) is 7.80. The van der Waals surface area contributed by atoms with Crippen LogP contribution in [0.25, 0.3) is 0 Å². The van der Waals surface area contributed by atoms with Gasteiger partial charge >= 0.3 is 0 Å². The second-order valence-corrected chi connectivity index (χ2v) is 3.99. The first-order valence-electron chi connectivity index (χ1n) is 3.87. The van der Waals surface area contributed by atoms with Gasteiger partial charge in [0.05, 0.1) is 0 Å². The minimum absolute atomic E-state index is 0.431. The van der Waals surface area contributed by atoms with E-state index in [1.165, 1.54) is 5.57 Å². The molecule has 0 bridgehead atoms. The molecular weight excluding hydrogens is 122 g/mol. The summed E-state index contributed by atoms with van der Waals surface area (Å²) in [6.07, 6.45) is 0. The molecule has 1 rings (SSSR count). The summed E-state index contributed by atoms with van der Waals surface area (Å²) in [5.41, 5.74) is 7.32. The Morgan fingerprint density at radius 3 is 2.20 bits per heavy atom. The minimum atomic E-state index is 0.431. The number of hydrogen-bond donors (Lipinski definition) is 1. The fourth-order valence-corrected chi connectivity index (χ4v) is 2.16. The molecule has 58 valence electrons. The van der Waals surface area contributed by atoms with Crippen LogP contribution in [-0.4, -0.2) is 6.54 Å². The topological polar surface area (TPSA) is 26.0 Å². The molecule has 0 spiro atoms. The second kappa shape index (κ2) is 2.09. The highest BCUT2D eigenvalue weighted by molar-refractivity contribution is 5.19. The van der Waals surface area contributed by atoms with Gasteiger partial charge in [0, 0.05) is 0 Å². The van der Waals surface area contributed by atoms with Crippen molar-refractivity contribution in [3.05, 3.63) is 12.2 Å². The van der Waals surface area contributed by atoms with E-state index in [0.29, 0.717) is 17.3 Å². The summed E-state index contributed by atoms with van der Waals surface area (Å²) in [4.78, 5) is 0. The van der Waals surface area contributed by atoms with E-state index in [9.17, 15) is 0 Å². The molecule has 0 aromatic heterocycles. The Balaban J connectivity index is 2.61. The van der Waals surface area contributed by atoms with E-state index in [0.717, 1.165) is 6.54 Å². The summed E-state index contributed by atoms with van der Waals surface area (Å²) in [6.45, 7) is 11.4. The molecule has 1 nitrogen and oxygen atoms in total. The number of allylic oxidation sites excluding steroid dienone is 1. The summed E-state index contributed by atoms with van der Waals surface area (Å²) >= 11 is 0. The van der Waals surface area contributed by atoms with Gasteiger partial charge in [-0.25, -0.2) is 0 Å². The van der Waals surface area contributed by atoms with E-state index in [4.69, 9.17) is 5.73 Å². The predicted octanol–water partition coefficient (Wildman–Crippen LogP) is 1.79. The van der Waals surface area contributed by atoms with Crippen molar-refractivity contribution in [2.45, 2.75) is 20.8 Å². The Labute approximate surface area is 63.3 Å². The van der Waals surface area contributed by atoms with E-state index in [1.54, 1.807) is 0 Å². The molecule has 1 fully saturated rings. The van der Waals surface area contributed by atoms with Crippen molar-refractivity contribution < 1.29 is 0 Å². The molecular formula is C9H17N. The molecule has 1 aliphatic carbocycles. The molecule has 0 heterocycles. The van der Waals surface area contributed by atoms with Crippen molar-refractivity contribution in [2.75, 3.05) is 6.54 Å². The van der Waals surface area contributed by atoms with Crippen LogP contribution in [0.15, 0.2) is 12.2 Å². The Morgan fingerprint density at radius 1 is 1.60 bits per heavy atom. The Kier molecular flexibility index (Phi) is 1.63. The van der Waals surface area contributed by atoms with Crippen LogP contribution < -0.4 is 5.73 Å². The third-order valence-electron chi connectivity index (χ3n) is 2.84. The molecule has 0 aliphatic heterocycles. The van der Waals surface area contributed by atoms with E-state index >= 15 is 0 Å². The summed E-state index contributed by atoms with van der Waals surface area (Å²) in [6, 6.07) is 0. The summed E-state index contributed by atoms with van der Waals surface area (Å²) < 4.78 is 0. The standard InChI is InChI=1S/C9H17N/c1-6(2)8-7(5-10)9(8,3)4/h7-8H,1,5,10H2,2-4H3. The lowest BCUT2D eigenvalue weighted by molar-refractivity contribution is 0.552. The van der Waals surface area contributed by atoms with Crippen LogP contribution in [0.4, 0.5) is 0 Å². The molecule has 0 saturated heterocycles. The number of rotatable bonds is 2. The molecule has 0 radical (unpaired) electrons. The van der Waals surface area contributed by atoms with Gasteiger partial charge < -0.3 is 5.73 Å². The summed E-state index contributed by atoms with van der Waals surface area (Å²) in [5, 5.41) is 0. The lowest BCUT2D eigenvalue weighted by atomic mass is 10.1. The van der Waals surface area contributed by atoms with Crippen molar-refractivity contribution in [3.63, 3.8) is 0 Å². The van der Waals surface area contributed by atoms with Crippen LogP contribution in [0.2, 0.25) is 0 Å². The van der Waals surface area contributed by atoms with Crippen LogP contribution in [0.1, 0.15) is 20.8 Å². The molecule has 2 unspecified atom stereocenters. The highest BCUT2D eigenvalue weighted by Gasteiger charge is 2.56. The van der Waals surface area contributed by atoms with Crippen molar-refractivity contribution in [2.24, 2.45) is 23.0 Å². The van der Waals surface area contributed by atoms with Crippen LogP contribution in [0.3, 0.4) is 0 Å². The zero-order valence-electron chi connectivity index (χ0n) is 7.15. The van der Waals surface area contributed by atoms with Gasteiger partial charge in [0.25, 0.3) is 0 Å². The van der Waals surface area contributed by atoms with Gasteiger partial charge in [0.1, 0.15) is 0 Å². The van der Waals surface area contributed by atoms with Gasteiger partial charge in [0.2, 0.25) is 0 Å². The third-order valence-corrected chi connectivity index (χ3v) is 2.84. The van der Waals surface area contributed by atoms with Gasteiger partial charge in [-0.15, -0.1) is 0 Å². The van der Waals surface area contributed by atoms with Gasteiger partial charge in [-0.3, -0.25) is 0 Å². The quantitative estimate of drug-likeness (QED) is 0.580. The lowest BCUT2D eigenvalue weighted by Gasteiger charge is -1.99. The molecule has 1 saturated carbocycles. The summed E-state index contributed by atoms with van der Waals surface area (Å²) in [7, 11) is 0. The first-order chi connectivity index (χ1) is 4.51. The summed E-state index contributed by atoms with van der Waals surface area (Å²) in [5.74, 6) is 1.36. The fraction of sp³-hybridized carbons (Fsp3) is 0.778. The van der Waals surface area contributed by atoms with Crippen molar-refractivity contribution in [3.8, 4) is 0 Å². The highest BCUT2D eigenvalue weighted by atomic mass is 14.7. The molecule has 2 atom stereocenters. The first-order valence-corrected chi connectivity index (χ1v) is 3.87. The van der Waals surface area contributed by atoms with Gasteiger partial charge in [0.15, 0.2) is 0 Å². The Morgan fingerprint density at radius 2 is 2.10 bits per heavy atom. The Hall–Kier alpha value is -0.300. The highest BCUT2D eigenvalue weighted by Crippen LogP contribution is 2.60. The lowest BCUT2D eigenvalue weighted by Crippen LogP contribution is -2.05. The maximum atomic E-state index is 5.60. The van der Waals surface area contributed by atoms with Crippen LogP contribution in [-0.2, 0) is 0 Å². The molecule has 1 heteroatoms. The zero-order chi connectivity index (χ0) is 7.94. The number of nitrogens with two attached hydrogens (primary N) is 1. The maximum Gasteiger partial charge on any atom is -0.00376 e. The van der Waals surface area contributed by atoms with Crippen LogP contribution in [0.5, 0.6) is 0 Å². The maximum absolute atomic E-state index is 5.60. The normalized spacial score (nSPS) is 35.6. The van der Waals surface area contributed by atoms with Crippen molar-refractivity contribution in [1.82, 2.24) is 0 Å². The van der Waals surface area contributed by atoms with E-state index in [1.807, 2.05) is 0 Å². The van der Waals surface area contributed by atoms with E-state index < -0.39 is 0 Å². The van der Waals surface area contributed by atoms with Crippen LogP contribution in [0, 0.1) is 17.3 Å². The van der Waals surface area contributed by atoms with E-state index in [-0.39, 0.29) is 0 Å². The second-order valence-electron chi connectivity index (χ2n) is 3.99. The average Bonchev–Trinajstić information content (AvgIpc) is 2.33. The molecule has 0 aromatic carbocycles. The average molecular weight is 139 g/mol. The molecule has 0 amide bonds. The molecule has 1 aliphatic rings. The SMILES string of the molecule is C=C(C)C1C(CN)C1(C)C. The van der Waals surface area contributed by atoms with Gasteiger partial charge in [-0.2, -0.15) is 0 Å². The third kappa shape index (κ3) is 0.891. The predicted molar refractivity (Wildman–Crippen MR) is 44.6 cm³/mol. The largest absolute Gasteiger partial charge is 0.330 e. The molecule has 2 N–H and O–H groups in total. The van der Waals surface area contributed by atoms with Crippen molar-refractivity contribution in [1.29, 1.82) is 0 Å². The Bertz CT molecular complexity index is 158. The van der Waals surface area contributed by atoms with E-state index in [2.05, 4.69) is 27.4 Å². The van der Waals surface area contributed by atoms with Crippen molar-refractivity contribution >= 4 is 0 Å². The minimum Gasteiger partial charge on any atom is -0.330 e. The van der Waals surface area contributed by atoms with Crippen LogP contribution >= 0.6 is 0 Å². The molecule has 10 heavy (non-hydrogen) atoms. The fourth-order valence-electron chi connectivity index (χ4n) is 2.16. The zero-order valence-corrected chi connectivity index (χ0v) is 7.15. The van der Waals surface area contributed by atoms with Gasteiger partial charge in [-0.05, 0) is 30.7 Å². The smallest absolute Gasteiger partial charge is 0.00376 e. The molecule has 0 aromatic rings. The number of hydrogen-bond acceptors (Lipinski definition) is 1. The monoisotopic (exact) mass is 139 g/mol. The van der Waals surface area contributed by atoms with Gasteiger partial charge in [-0.1, -0.05) is 26.0 Å².